The first-order valence-electron chi connectivity index (χ1n) is 13.4. The summed E-state index contributed by atoms with van der Waals surface area (Å²) in [6.45, 7) is 3.93. The Balaban J connectivity index is 0.000000169. The molecule has 4 aromatic carbocycles. The minimum atomic E-state index is -0.609. The smallest absolute Gasteiger partial charge is 0.175 e. The molecule has 0 spiro atoms. The molecule has 8 heteroatoms. The zero-order valence-electron chi connectivity index (χ0n) is 23.8. The van der Waals surface area contributed by atoms with Gasteiger partial charge in [0.1, 0.15) is 23.0 Å². The third-order valence-corrected chi connectivity index (χ3v) is 10.7. The van der Waals surface area contributed by atoms with Gasteiger partial charge in [0.2, 0.25) is 0 Å². The summed E-state index contributed by atoms with van der Waals surface area (Å²) in [7, 11) is 3.28. The molecule has 2 aliphatic heterocycles. The zero-order chi connectivity index (χ0) is 30.1. The maximum Gasteiger partial charge on any atom is 0.175 e. The molecule has 2 heterocycles. The summed E-state index contributed by atoms with van der Waals surface area (Å²) < 4.78 is 10.4. The highest BCUT2D eigenvalue weighted by Gasteiger charge is 2.41. The van der Waals surface area contributed by atoms with Gasteiger partial charge in [-0.2, -0.15) is 0 Å². The van der Waals surface area contributed by atoms with E-state index < -0.39 is 10.8 Å². The van der Waals surface area contributed by atoms with E-state index in [4.69, 9.17) is 9.47 Å². The van der Waals surface area contributed by atoms with Crippen molar-refractivity contribution < 1.29 is 29.3 Å². The van der Waals surface area contributed by atoms with E-state index in [9.17, 15) is 19.8 Å². The fourth-order valence-electron chi connectivity index (χ4n) is 5.14. The number of ketones is 2. The zero-order valence-corrected chi connectivity index (χ0v) is 25.5. The standard InChI is InChI=1S/C18H18O3S.C16H14O3S/c1-18(12-4-6-13(20-2)7-5-12)11-22-16-10-14(21-3)8-9-15(16)17(18)19;1-16(10-2-4-11(17)5-3-10)9-20-14-8-12(18)6-7-13(14)15(16)19/h4-10H,11H2,1-3H3;2-8,17-18H,9H2,1H3. The van der Waals surface area contributed by atoms with Crippen LogP contribution < -0.4 is 9.47 Å². The lowest BCUT2D eigenvalue weighted by Crippen LogP contribution is -2.38. The van der Waals surface area contributed by atoms with Crippen LogP contribution in [0.5, 0.6) is 23.0 Å². The van der Waals surface area contributed by atoms with E-state index in [-0.39, 0.29) is 23.1 Å². The molecule has 0 saturated carbocycles. The number of rotatable bonds is 4. The Labute approximate surface area is 254 Å². The first-order chi connectivity index (χ1) is 20.1. The molecule has 6 rings (SSSR count). The van der Waals surface area contributed by atoms with Gasteiger partial charge in [0.15, 0.2) is 11.6 Å². The van der Waals surface area contributed by atoms with E-state index in [1.54, 1.807) is 80.2 Å². The summed E-state index contributed by atoms with van der Waals surface area (Å²) in [4.78, 5) is 27.6. The van der Waals surface area contributed by atoms with Crippen LogP contribution in [0.3, 0.4) is 0 Å². The van der Waals surface area contributed by atoms with Crippen LogP contribution in [0.2, 0.25) is 0 Å². The number of benzene rings is 4. The SMILES string of the molecule is CC1(c2ccc(O)cc2)CSc2cc(O)ccc2C1=O.COc1ccc(C2(C)CSc3cc(OC)ccc3C2=O)cc1. The Bertz CT molecular complexity index is 1630. The molecule has 6 nitrogen and oxygen atoms in total. The van der Waals surface area contributed by atoms with Crippen LogP contribution in [-0.4, -0.2) is 47.5 Å². The molecule has 0 aromatic heterocycles. The van der Waals surface area contributed by atoms with Gasteiger partial charge in [0, 0.05) is 32.4 Å². The van der Waals surface area contributed by atoms with Crippen LogP contribution in [0.15, 0.2) is 94.7 Å². The molecule has 0 saturated heterocycles. The van der Waals surface area contributed by atoms with E-state index in [0.717, 1.165) is 43.7 Å². The van der Waals surface area contributed by atoms with Crippen molar-refractivity contribution in [3.05, 3.63) is 107 Å². The fraction of sp³-hybridized carbons (Fsp3) is 0.235. The largest absolute Gasteiger partial charge is 0.508 e. The highest BCUT2D eigenvalue weighted by molar-refractivity contribution is 7.99. The van der Waals surface area contributed by atoms with Gasteiger partial charge in [-0.1, -0.05) is 24.3 Å². The van der Waals surface area contributed by atoms with Crippen molar-refractivity contribution in [3.8, 4) is 23.0 Å². The topological polar surface area (TPSA) is 93.1 Å². The molecule has 0 amide bonds. The number of thioether (sulfide) groups is 2. The number of ether oxygens (including phenoxy) is 2. The van der Waals surface area contributed by atoms with Gasteiger partial charge in [0.25, 0.3) is 0 Å². The molecule has 0 radical (unpaired) electrons. The normalized spacial score (nSPS) is 21.0. The number of carbonyl (C=O) groups excluding carboxylic acids is 2. The number of carbonyl (C=O) groups is 2. The molecule has 0 fully saturated rings. The molecule has 2 aliphatic rings. The maximum absolute atomic E-state index is 13.0. The van der Waals surface area contributed by atoms with Gasteiger partial charge in [-0.25, -0.2) is 0 Å². The number of Topliss-reactive ketones (excluding diaryl/α,β-unsaturated/α-hetero) is 2. The van der Waals surface area contributed by atoms with Gasteiger partial charge in [-0.3, -0.25) is 9.59 Å². The van der Waals surface area contributed by atoms with Crippen molar-refractivity contribution in [1.82, 2.24) is 0 Å². The molecule has 2 unspecified atom stereocenters. The number of hydrogen-bond donors (Lipinski definition) is 2. The van der Waals surface area contributed by atoms with Crippen LogP contribution in [0.4, 0.5) is 0 Å². The summed E-state index contributed by atoms with van der Waals surface area (Å²) >= 11 is 3.27. The Morgan fingerprint density at radius 1 is 0.595 bits per heavy atom. The van der Waals surface area contributed by atoms with Gasteiger partial charge in [-0.15, -0.1) is 23.5 Å². The minimum absolute atomic E-state index is 0.0527. The second-order valence-corrected chi connectivity index (χ2v) is 12.8. The van der Waals surface area contributed by atoms with Gasteiger partial charge in [0.05, 0.1) is 25.0 Å². The molecule has 216 valence electrons. The molecule has 0 bridgehead atoms. The average Bonchev–Trinajstić information content (AvgIpc) is 3.01. The van der Waals surface area contributed by atoms with E-state index in [2.05, 4.69) is 0 Å². The van der Waals surface area contributed by atoms with Crippen molar-refractivity contribution in [1.29, 1.82) is 0 Å². The lowest BCUT2D eigenvalue weighted by atomic mass is 9.77. The fourth-order valence-corrected chi connectivity index (χ4v) is 7.66. The molecule has 4 aromatic rings. The van der Waals surface area contributed by atoms with Gasteiger partial charge >= 0.3 is 0 Å². The molecule has 42 heavy (non-hydrogen) atoms. The van der Waals surface area contributed by atoms with E-state index in [0.29, 0.717) is 11.3 Å². The predicted molar refractivity (Wildman–Crippen MR) is 167 cm³/mol. The predicted octanol–water partition coefficient (Wildman–Crippen LogP) is 7.29. The summed E-state index contributed by atoms with van der Waals surface area (Å²) in [5, 5.41) is 18.9. The second-order valence-electron chi connectivity index (χ2n) is 10.7. The van der Waals surface area contributed by atoms with Crippen molar-refractivity contribution in [2.45, 2.75) is 34.5 Å². The Hall–Kier alpha value is -3.88. The van der Waals surface area contributed by atoms with Gasteiger partial charge < -0.3 is 19.7 Å². The summed E-state index contributed by atoms with van der Waals surface area (Å²) in [5.41, 5.74) is 2.21. The number of methoxy groups -OCH3 is 2. The first kappa shape index (κ1) is 29.6. The third-order valence-electron chi connectivity index (χ3n) is 7.91. The highest BCUT2D eigenvalue weighted by atomic mass is 32.2. The summed E-state index contributed by atoms with van der Waals surface area (Å²) in [6.07, 6.45) is 0. The van der Waals surface area contributed by atoms with Crippen molar-refractivity contribution in [2.24, 2.45) is 0 Å². The van der Waals surface area contributed by atoms with Crippen molar-refractivity contribution in [3.63, 3.8) is 0 Å². The van der Waals surface area contributed by atoms with Crippen molar-refractivity contribution >= 4 is 35.1 Å². The molecular formula is C34H32O6S2. The number of fused-ring (bicyclic) bond motifs is 2. The molecular weight excluding hydrogens is 569 g/mol. The molecule has 2 atom stereocenters. The Morgan fingerprint density at radius 3 is 1.55 bits per heavy atom. The monoisotopic (exact) mass is 600 g/mol. The molecule has 0 aliphatic carbocycles. The van der Waals surface area contributed by atoms with E-state index in [1.165, 1.54) is 0 Å². The minimum Gasteiger partial charge on any atom is -0.508 e. The first-order valence-corrected chi connectivity index (χ1v) is 15.4. The lowest BCUT2D eigenvalue weighted by Gasteiger charge is -2.33. The lowest BCUT2D eigenvalue weighted by molar-refractivity contribution is 0.0899. The third kappa shape index (κ3) is 5.49. The maximum atomic E-state index is 13.0. The van der Waals surface area contributed by atoms with Crippen LogP contribution >= 0.6 is 23.5 Å². The summed E-state index contributed by atoms with van der Waals surface area (Å²) in [6, 6.07) is 25.1. The van der Waals surface area contributed by atoms with E-state index >= 15 is 0 Å². The Morgan fingerprint density at radius 2 is 1.02 bits per heavy atom. The van der Waals surface area contributed by atoms with Crippen molar-refractivity contribution in [2.75, 3.05) is 25.7 Å². The average molecular weight is 601 g/mol. The van der Waals surface area contributed by atoms with Crippen LogP contribution in [0.25, 0.3) is 0 Å². The Kier molecular flexibility index (Phi) is 8.30. The van der Waals surface area contributed by atoms with E-state index in [1.807, 2.05) is 56.3 Å². The number of phenolic OH excluding ortho intramolecular Hbond substituents is 2. The van der Waals surface area contributed by atoms with Crippen LogP contribution in [0, 0.1) is 0 Å². The van der Waals surface area contributed by atoms with Crippen LogP contribution in [0.1, 0.15) is 45.7 Å². The quantitative estimate of drug-likeness (QED) is 0.252. The number of phenols is 2. The number of hydrogen-bond acceptors (Lipinski definition) is 8. The summed E-state index contributed by atoms with van der Waals surface area (Å²) in [5.74, 6) is 3.51. The van der Waals surface area contributed by atoms with Gasteiger partial charge in [-0.05, 0) is 85.6 Å². The number of aromatic hydroxyl groups is 2. The van der Waals surface area contributed by atoms with Crippen LogP contribution in [-0.2, 0) is 10.8 Å². The highest BCUT2D eigenvalue weighted by Crippen LogP contribution is 2.44. The molecule has 2 N–H and O–H groups in total. The second kappa shape index (κ2) is 11.8.